The van der Waals surface area contributed by atoms with Gasteiger partial charge in [0.1, 0.15) is 11.2 Å². The smallest absolute Gasteiger partial charge is 0.136 e. The first-order valence-electron chi connectivity index (χ1n) is 19.3. The summed E-state index contributed by atoms with van der Waals surface area (Å²) in [6.45, 7) is 2.36. The predicted molar refractivity (Wildman–Crippen MR) is 234 cm³/mol. The van der Waals surface area contributed by atoms with Crippen LogP contribution in [0.5, 0.6) is 0 Å². The van der Waals surface area contributed by atoms with E-state index < -0.39 is 0 Å². The van der Waals surface area contributed by atoms with E-state index in [9.17, 15) is 0 Å². The molecule has 0 atom stereocenters. The van der Waals surface area contributed by atoms with Crippen LogP contribution in [0.1, 0.15) is 23.6 Å². The number of hydrogen-bond acceptors (Lipinski definition) is 2. The minimum Gasteiger partial charge on any atom is -0.456 e. The molecule has 0 saturated heterocycles. The van der Waals surface area contributed by atoms with Gasteiger partial charge in [0.05, 0.1) is 5.69 Å². The van der Waals surface area contributed by atoms with Crippen molar-refractivity contribution in [3.8, 4) is 33.4 Å². The second kappa shape index (κ2) is 12.7. The van der Waals surface area contributed by atoms with E-state index in [-0.39, 0.29) is 5.41 Å². The van der Waals surface area contributed by atoms with Crippen molar-refractivity contribution in [3.05, 3.63) is 223 Å². The zero-order valence-electron chi connectivity index (χ0n) is 31.0. The maximum Gasteiger partial charge on any atom is 0.136 e. The maximum absolute atomic E-state index is 6.51. The third-order valence-corrected chi connectivity index (χ3v) is 12.0. The highest BCUT2D eigenvalue weighted by Gasteiger charge is 2.40. The van der Waals surface area contributed by atoms with Crippen molar-refractivity contribution < 1.29 is 4.42 Å². The Morgan fingerprint density at radius 2 is 0.964 bits per heavy atom. The van der Waals surface area contributed by atoms with Crippen LogP contribution >= 0.6 is 0 Å². The fourth-order valence-corrected chi connectivity index (χ4v) is 9.10. The number of fused-ring (bicyclic) bond motifs is 7. The number of para-hydroxylation sites is 1. The summed E-state index contributed by atoms with van der Waals surface area (Å²) in [4.78, 5) is 2.34. The van der Waals surface area contributed by atoms with Gasteiger partial charge in [-0.15, -0.1) is 0 Å². The molecular weight excluding hydrogens is 679 g/mol. The molecule has 1 aliphatic rings. The van der Waals surface area contributed by atoms with Crippen LogP contribution in [-0.4, -0.2) is 0 Å². The fourth-order valence-electron chi connectivity index (χ4n) is 9.10. The fraction of sp³-hybridized carbons (Fsp3) is 0.0370. The average molecular weight is 716 g/mol. The van der Waals surface area contributed by atoms with E-state index >= 15 is 0 Å². The van der Waals surface area contributed by atoms with Gasteiger partial charge in [-0.1, -0.05) is 152 Å². The van der Waals surface area contributed by atoms with Crippen molar-refractivity contribution in [2.24, 2.45) is 0 Å². The highest BCUT2D eigenvalue weighted by atomic mass is 16.3. The normalized spacial score (nSPS) is 12.9. The summed E-state index contributed by atoms with van der Waals surface area (Å²) < 4.78 is 6.51. The minimum absolute atomic E-state index is 0.245. The first kappa shape index (κ1) is 32.3. The van der Waals surface area contributed by atoms with Crippen molar-refractivity contribution in [2.45, 2.75) is 12.3 Å². The molecule has 0 unspecified atom stereocenters. The van der Waals surface area contributed by atoms with Gasteiger partial charge in [0.25, 0.3) is 0 Å². The van der Waals surface area contributed by atoms with E-state index in [0.717, 1.165) is 50.1 Å². The van der Waals surface area contributed by atoms with Crippen molar-refractivity contribution in [3.63, 3.8) is 0 Å². The van der Waals surface area contributed by atoms with E-state index in [2.05, 4.69) is 218 Å². The van der Waals surface area contributed by atoms with Crippen molar-refractivity contribution in [1.82, 2.24) is 0 Å². The van der Waals surface area contributed by atoms with Crippen LogP contribution in [0.3, 0.4) is 0 Å². The number of hydrogen-bond donors (Lipinski definition) is 0. The molecule has 0 spiro atoms. The molecular formula is C54H37NO. The molecule has 1 heterocycles. The van der Waals surface area contributed by atoms with E-state index in [0.29, 0.717) is 0 Å². The summed E-state index contributed by atoms with van der Waals surface area (Å²) in [5.41, 5.74) is 16.2. The quantitative estimate of drug-likeness (QED) is 0.170. The molecule has 56 heavy (non-hydrogen) atoms. The average Bonchev–Trinajstić information content (AvgIpc) is 3.77. The first-order chi connectivity index (χ1) is 27.6. The van der Waals surface area contributed by atoms with Gasteiger partial charge in [-0.3, -0.25) is 0 Å². The van der Waals surface area contributed by atoms with E-state index in [4.69, 9.17) is 4.42 Å². The lowest BCUT2D eigenvalue weighted by Gasteiger charge is -2.28. The van der Waals surface area contributed by atoms with E-state index in [1.54, 1.807) is 0 Å². The lowest BCUT2D eigenvalue weighted by molar-refractivity contribution is 0.667. The van der Waals surface area contributed by atoms with Gasteiger partial charge in [0, 0.05) is 32.9 Å². The van der Waals surface area contributed by atoms with E-state index in [1.165, 1.54) is 49.7 Å². The zero-order chi connectivity index (χ0) is 37.2. The van der Waals surface area contributed by atoms with E-state index in [1.807, 2.05) is 0 Å². The summed E-state index contributed by atoms with van der Waals surface area (Å²) >= 11 is 0. The SMILES string of the molecule is CC1(c2ccc3oc4cc(-c5ccc(-c6ccc(N(c7ccccc7)c7cccc8ccccc78)cc6)cc5)ccc4c3c2)c2ccccc2-c2ccccc21. The van der Waals surface area contributed by atoms with Crippen molar-refractivity contribution in [1.29, 1.82) is 0 Å². The van der Waals surface area contributed by atoms with Gasteiger partial charge in [-0.2, -0.15) is 0 Å². The molecule has 0 radical (unpaired) electrons. The Morgan fingerprint density at radius 3 is 1.70 bits per heavy atom. The Morgan fingerprint density at radius 1 is 0.393 bits per heavy atom. The molecule has 11 rings (SSSR count). The topological polar surface area (TPSA) is 16.4 Å². The molecule has 264 valence electrons. The molecule has 1 aliphatic carbocycles. The van der Waals surface area contributed by atoms with Crippen LogP contribution in [0, 0.1) is 0 Å². The first-order valence-corrected chi connectivity index (χ1v) is 19.3. The maximum atomic E-state index is 6.51. The Labute approximate surface area is 326 Å². The minimum atomic E-state index is -0.245. The lowest BCUT2D eigenvalue weighted by Crippen LogP contribution is -2.22. The van der Waals surface area contributed by atoms with Crippen LogP contribution < -0.4 is 4.90 Å². The number of rotatable bonds is 6. The number of nitrogens with zero attached hydrogens (tertiary/aromatic N) is 1. The summed E-state index contributed by atoms with van der Waals surface area (Å²) in [5, 5.41) is 4.73. The lowest BCUT2D eigenvalue weighted by atomic mass is 9.74. The second-order valence-corrected chi connectivity index (χ2v) is 15.0. The summed E-state index contributed by atoms with van der Waals surface area (Å²) in [7, 11) is 0. The van der Waals surface area contributed by atoms with Crippen LogP contribution in [0.2, 0.25) is 0 Å². The molecule has 0 bridgehead atoms. The number of benzene rings is 9. The molecule has 1 aromatic heterocycles. The number of furan rings is 1. The molecule has 2 nitrogen and oxygen atoms in total. The molecule has 0 amide bonds. The molecule has 0 saturated carbocycles. The number of anilines is 3. The largest absolute Gasteiger partial charge is 0.456 e. The van der Waals surface area contributed by atoms with Crippen LogP contribution in [0.4, 0.5) is 17.1 Å². The molecule has 0 fully saturated rings. The summed E-state index contributed by atoms with van der Waals surface area (Å²) in [5.74, 6) is 0. The molecule has 9 aromatic carbocycles. The molecule has 0 N–H and O–H groups in total. The third kappa shape index (κ3) is 5.03. The zero-order valence-corrected chi connectivity index (χ0v) is 31.0. The van der Waals surface area contributed by atoms with Gasteiger partial charge in [0.2, 0.25) is 0 Å². The van der Waals surface area contributed by atoms with Crippen molar-refractivity contribution >= 4 is 49.8 Å². The van der Waals surface area contributed by atoms with Crippen LogP contribution in [0.25, 0.3) is 66.1 Å². The van der Waals surface area contributed by atoms with Gasteiger partial charge >= 0.3 is 0 Å². The molecule has 2 heteroatoms. The predicted octanol–water partition coefficient (Wildman–Crippen LogP) is 14.9. The standard InChI is InChI=1S/C54H37NO/c1-54(49-19-9-7-17-45(49)46-18-8-10-20-50(46)54)41-29-33-52-48(35-41)47-32-28-40(34-53(47)56-52)38-24-22-36(23-25-38)37-26-30-43(31-27-37)55(42-14-3-2-4-15-42)51-21-11-13-39-12-5-6-16-44(39)51/h2-35H,1H3. The van der Waals surface area contributed by atoms with Gasteiger partial charge in [-0.25, -0.2) is 0 Å². The molecule has 0 aliphatic heterocycles. The summed E-state index contributed by atoms with van der Waals surface area (Å²) in [6.07, 6.45) is 0. The van der Waals surface area contributed by atoms with Gasteiger partial charge in [0.15, 0.2) is 0 Å². The monoisotopic (exact) mass is 715 g/mol. The van der Waals surface area contributed by atoms with Crippen LogP contribution in [-0.2, 0) is 5.41 Å². The van der Waals surface area contributed by atoms with Crippen molar-refractivity contribution in [2.75, 3.05) is 4.90 Å². The Hall–Kier alpha value is -7.16. The second-order valence-electron chi connectivity index (χ2n) is 15.0. The molecule has 10 aromatic rings. The Balaban J connectivity index is 0.900. The Bertz CT molecular complexity index is 3030. The van der Waals surface area contributed by atoms with Gasteiger partial charge < -0.3 is 9.32 Å². The highest BCUT2D eigenvalue weighted by Crippen LogP contribution is 2.53. The van der Waals surface area contributed by atoms with Crippen LogP contribution in [0.15, 0.2) is 211 Å². The highest BCUT2D eigenvalue weighted by molar-refractivity contribution is 6.06. The Kier molecular flexibility index (Phi) is 7.33. The van der Waals surface area contributed by atoms with Gasteiger partial charge in [-0.05, 0) is 117 Å². The summed E-state index contributed by atoms with van der Waals surface area (Å²) in [6, 6.07) is 74.5. The third-order valence-electron chi connectivity index (χ3n) is 12.0.